The largest absolute Gasteiger partial charge is 0.398 e. The SMILES string of the molecule is CCc1c(N)ccc(C(C)C)c1C(C)C. The highest BCUT2D eigenvalue weighted by Gasteiger charge is 2.15. The lowest BCUT2D eigenvalue weighted by molar-refractivity contribution is 0.777. The molecule has 15 heavy (non-hydrogen) atoms. The minimum Gasteiger partial charge on any atom is -0.398 e. The molecular formula is C14H23N. The van der Waals surface area contributed by atoms with Crippen molar-refractivity contribution in [2.75, 3.05) is 5.73 Å². The minimum absolute atomic E-state index is 0.556. The van der Waals surface area contributed by atoms with Crippen molar-refractivity contribution in [2.24, 2.45) is 0 Å². The summed E-state index contributed by atoms with van der Waals surface area (Å²) in [6.45, 7) is 11.2. The van der Waals surface area contributed by atoms with Crippen LogP contribution in [-0.2, 0) is 6.42 Å². The van der Waals surface area contributed by atoms with E-state index in [1.165, 1.54) is 16.7 Å². The van der Waals surface area contributed by atoms with E-state index in [-0.39, 0.29) is 0 Å². The number of rotatable bonds is 3. The van der Waals surface area contributed by atoms with E-state index in [9.17, 15) is 0 Å². The summed E-state index contributed by atoms with van der Waals surface area (Å²) in [6.07, 6.45) is 1.03. The molecule has 0 atom stereocenters. The van der Waals surface area contributed by atoms with Crippen molar-refractivity contribution >= 4 is 5.69 Å². The molecule has 0 aliphatic heterocycles. The molecular weight excluding hydrogens is 182 g/mol. The van der Waals surface area contributed by atoms with E-state index in [1.807, 2.05) is 0 Å². The summed E-state index contributed by atoms with van der Waals surface area (Å²) in [6, 6.07) is 4.24. The lowest BCUT2D eigenvalue weighted by atomic mass is 9.85. The van der Waals surface area contributed by atoms with Crippen LogP contribution in [0.2, 0.25) is 0 Å². The summed E-state index contributed by atoms with van der Waals surface area (Å²) in [4.78, 5) is 0. The third kappa shape index (κ3) is 2.34. The minimum atomic E-state index is 0.556. The highest BCUT2D eigenvalue weighted by atomic mass is 14.6. The van der Waals surface area contributed by atoms with Crippen molar-refractivity contribution in [3.63, 3.8) is 0 Å². The molecule has 0 heterocycles. The molecule has 1 aromatic carbocycles. The first-order valence-corrected chi connectivity index (χ1v) is 5.90. The van der Waals surface area contributed by atoms with Crippen LogP contribution >= 0.6 is 0 Å². The Labute approximate surface area is 93.7 Å². The molecule has 0 aromatic heterocycles. The van der Waals surface area contributed by atoms with Crippen molar-refractivity contribution in [1.82, 2.24) is 0 Å². The molecule has 1 aromatic rings. The summed E-state index contributed by atoms with van der Waals surface area (Å²) >= 11 is 0. The van der Waals surface area contributed by atoms with Gasteiger partial charge in [0.2, 0.25) is 0 Å². The van der Waals surface area contributed by atoms with Crippen LogP contribution in [0.1, 0.15) is 63.1 Å². The maximum absolute atomic E-state index is 6.04. The predicted octanol–water partition coefficient (Wildman–Crippen LogP) is 4.08. The molecule has 0 fully saturated rings. The average molecular weight is 205 g/mol. The second-order valence-corrected chi connectivity index (χ2v) is 4.80. The highest BCUT2D eigenvalue weighted by molar-refractivity contribution is 5.55. The fraction of sp³-hybridized carbons (Fsp3) is 0.571. The number of benzene rings is 1. The lowest BCUT2D eigenvalue weighted by Gasteiger charge is -2.21. The third-order valence-corrected chi connectivity index (χ3v) is 2.98. The molecule has 1 nitrogen and oxygen atoms in total. The van der Waals surface area contributed by atoms with Gasteiger partial charge >= 0.3 is 0 Å². The van der Waals surface area contributed by atoms with Crippen molar-refractivity contribution in [3.8, 4) is 0 Å². The number of hydrogen-bond donors (Lipinski definition) is 1. The van der Waals surface area contributed by atoms with Gasteiger partial charge in [-0.3, -0.25) is 0 Å². The lowest BCUT2D eigenvalue weighted by Crippen LogP contribution is -2.06. The Bertz CT molecular complexity index is 337. The number of hydrogen-bond acceptors (Lipinski definition) is 1. The van der Waals surface area contributed by atoms with Gasteiger partial charge in [-0.1, -0.05) is 40.7 Å². The van der Waals surface area contributed by atoms with Crippen LogP contribution in [0, 0.1) is 0 Å². The van der Waals surface area contributed by atoms with Crippen molar-refractivity contribution in [3.05, 3.63) is 28.8 Å². The van der Waals surface area contributed by atoms with E-state index in [0.717, 1.165) is 12.1 Å². The Kier molecular flexibility index (Phi) is 3.78. The Morgan fingerprint density at radius 3 is 2.07 bits per heavy atom. The molecule has 2 N–H and O–H groups in total. The Hall–Kier alpha value is -0.980. The van der Waals surface area contributed by atoms with Gasteiger partial charge in [0.15, 0.2) is 0 Å². The first kappa shape index (κ1) is 12.1. The zero-order valence-electron chi connectivity index (χ0n) is 10.6. The van der Waals surface area contributed by atoms with Crippen LogP contribution in [0.5, 0.6) is 0 Å². The van der Waals surface area contributed by atoms with Gasteiger partial charge in [-0.25, -0.2) is 0 Å². The topological polar surface area (TPSA) is 26.0 Å². The van der Waals surface area contributed by atoms with Crippen LogP contribution in [0.15, 0.2) is 12.1 Å². The molecule has 0 spiro atoms. The molecule has 0 radical (unpaired) electrons. The van der Waals surface area contributed by atoms with Crippen molar-refractivity contribution in [2.45, 2.75) is 52.9 Å². The van der Waals surface area contributed by atoms with Gasteiger partial charge in [0.25, 0.3) is 0 Å². The summed E-state index contributed by atoms with van der Waals surface area (Å²) in [5.41, 5.74) is 11.3. The zero-order chi connectivity index (χ0) is 11.6. The maximum atomic E-state index is 6.04. The molecule has 0 aliphatic carbocycles. The van der Waals surface area contributed by atoms with E-state index < -0.39 is 0 Å². The van der Waals surface area contributed by atoms with Gasteiger partial charge in [-0.05, 0) is 41.0 Å². The summed E-state index contributed by atoms with van der Waals surface area (Å²) < 4.78 is 0. The number of nitrogens with two attached hydrogens (primary N) is 1. The fourth-order valence-electron chi connectivity index (χ4n) is 2.28. The molecule has 0 aliphatic rings. The van der Waals surface area contributed by atoms with Gasteiger partial charge in [-0.2, -0.15) is 0 Å². The molecule has 0 unspecified atom stereocenters. The summed E-state index contributed by atoms with van der Waals surface area (Å²) in [5, 5.41) is 0. The van der Waals surface area contributed by atoms with Gasteiger partial charge in [0.05, 0.1) is 0 Å². The second kappa shape index (κ2) is 4.69. The quantitative estimate of drug-likeness (QED) is 0.739. The standard InChI is InChI=1S/C14H23N/c1-6-11-13(15)8-7-12(9(2)3)14(11)10(4)5/h7-10H,6,15H2,1-5H3. The number of nitrogen functional groups attached to an aromatic ring is 1. The van der Waals surface area contributed by atoms with Crippen molar-refractivity contribution < 1.29 is 0 Å². The Morgan fingerprint density at radius 1 is 1.07 bits per heavy atom. The molecule has 0 saturated heterocycles. The molecule has 0 saturated carbocycles. The van der Waals surface area contributed by atoms with E-state index in [2.05, 4.69) is 46.8 Å². The molecule has 1 heteroatoms. The van der Waals surface area contributed by atoms with Gasteiger partial charge in [0, 0.05) is 5.69 Å². The second-order valence-electron chi connectivity index (χ2n) is 4.80. The first-order chi connectivity index (χ1) is 6.99. The van der Waals surface area contributed by atoms with Crippen LogP contribution in [0.25, 0.3) is 0 Å². The normalized spacial score (nSPS) is 11.4. The number of anilines is 1. The van der Waals surface area contributed by atoms with E-state index >= 15 is 0 Å². The zero-order valence-corrected chi connectivity index (χ0v) is 10.6. The van der Waals surface area contributed by atoms with Gasteiger partial charge < -0.3 is 5.73 Å². The van der Waals surface area contributed by atoms with E-state index in [0.29, 0.717) is 11.8 Å². The van der Waals surface area contributed by atoms with Crippen LogP contribution < -0.4 is 5.73 Å². The maximum Gasteiger partial charge on any atom is 0.0349 e. The smallest absolute Gasteiger partial charge is 0.0349 e. The summed E-state index contributed by atoms with van der Waals surface area (Å²) in [5.74, 6) is 1.13. The van der Waals surface area contributed by atoms with Crippen LogP contribution in [0.3, 0.4) is 0 Å². The van der Waals surface area contributed by atoms with Crippen LogP contribution in [-0.4, -0.2) is 0 Å². The fourth-order valence-corrected chi connectivity index (χ4v) is 2.28. The molecule has 1 rings (SSSR count). The van der Waals surface area contributed by atoms with Crippen LogP contribution in [0.4, 0.5) is 5.69 Å². The predicted molar refractivity (Wildman–Crippen MR) is 68.4 cm³/mol. The highest BCUT2D eigenvalue weighted by Crippen LogP contribution is 2.32. The van der Waals surface area contributed by atoms with Gasteiger partial charge in [0.1, 0.15) is 0 Å². The molecule has 0 bridgehead atoms. The van der Waals surface area contributed by atoms with E-state index in [4.69, 9.17) is 5.73 Å². The summed E-state index contributed by atoms with van der Waals surface area (Å²) in [7, 11) is 0. The molecule has 84 valence electrons. The third-order valence-electron chi connectivity index (χ3n) is 2.98. The Morgan fingerprint density at radius 2 is 1.67 bits per heavy atom. The average Bonchev–Trinajstić information content (AvgIpc) is 2.16. The Balaban J connectivity index is 3.42. The molecule has 0 amide bonds. The monoisotopic (exact) mass is 205 g/mol. The van der Waals surface area contributed by atoms with Crippen molar-refractivity contribution in [1.29, 1.82) is 0 Å². The van der Waals surface area contributed by atoms with E-state index in [1.54, 1.807) is 0 Å². The first-order valence-electron chi connectivity index (χ1n) is 5.90. The van der Waals surface area contributed by atoms with Gasteiger partial charge in [-0.15, -0.1) is 0 Å².